The number of aromatic nitrogens is 2. The number of hydrogen-bond donors (Lipinski definition) is 0. The number of methoxy groups -OCH3 is 1. The monoisotopic (exact) mass is 519 g/mol. The van der Waals surface area contributed by atoms with Crippen LogP contribution in [0.25, 0.3) is 5.57 Å². The number of halogens is 3. The highest BCUT2D eigenvalue weighted by Crippen LogP contribution is 2.36. The number of rotatable bonds is 7. The Morgan fingerprint density at radius 3 is 2.50 bits per heavy atom. The summed E-state index contributed by atoms with van der Waals surface area (Å²) in [5.41, 5.74) is 2.47. The van der Waals surface area contributed by atoms with Gasteiger partial charge in [0, 0.05) is 10.1 Å². The lowest BCUT2D eigenvalue weighted by atomic mass is 10.0. The van der Waals surface area contributed by atoms with Crippen molar-refractivity contribution in [2.24, 2.45) is 0 Å². The number of hydrogen-bond acceptors (Lipinski definition) is 6. The zero-order valence-corrected chi connectivity index (χ0v) is 21.8. The first-order valence-electron chi connectivity index (χ1n) is 10.3. The number of allylic oxidation sites excluding steroid dienone is 3. The molecule has 178 valence electrons. The van der Waals surface area contributed by atoms with E-state index in [2.05, 4.69) is 16.8 Å². The first kappa shape index (κ1) is 27.3. The van der Waals surface area contributed by atoms with Gasteiger partial charge in [0.1, 0.15) is 17.3 Å². The quantitative estimate of drug-likeness (QED) is 0.231. The van der Waals surface area contributed by atoms with Crippen molar-refractivity contribution in [3.63, 3.8) is 0 Å². The molecule has 0 radical (unpaired) electrons. The second-order valence-electron chi connectivity index (χ2n) is 6.77. The van der Waals surface area contributed by atoms with Gasteiger partial charge in [-0.25, -0.2) is 0 Å². The molecule has 9 heteroatoms. The molecule has 3 rings (SSSR count). The molecule has 1 heterocycles. The van der Waals surface area contributed by atoms with Crippen LogP contribution in [0.3, 0.4) is 0 Å². The van der Waals surface area contributed by atoms with Crippen LogP contribution < -0.4 is 4.74 Å². The lowest BCUT2D eigenvalue weighted by Gasteiger charge is -2.14. The zero-order valence-electron chi connectivity index (χ0n) is 19.5. The van der Waals surface area contributed by atoms with Crippen molar-refractivity contribution in [3.05, 3.63) is 86.2 Å². The molecule has 0 N–H and O–H groups in total. The number of benzene rings is 2. The van der Waals surface area contributed by atoms with E-state index in [1.54, 1.807) is 31.2 Å². The van der Waals surface area contributed by atoms with Gasteiger partial charge in [0.2, 0.25) is 5.89 Å². The summed E-state index contributed by atoms with van der Waals surface area (Å²) in [5, 5.41) is 18.4. The van der Waals surface area contributed by atoms with Crippen LogP contribution in [0.2, 0.25) is 10.0 Å². The normalized spacial score (nSPS) is 11.0. The van der Waals surface area contributed by atoms with E-state index in [0.717, 1.165) is 11.1 Å². The first-order valence-corrected chi connectivity index (χ1v) is 11.5. The standard InChI is InChI=1S/C23H18Cl3N3O3.C2H6/c1-12-16(9-20-28-29-23(32-20)21(13(2)24)14(3)30-4)5-6-19(26)22(12)31-18-8-15(11-27)7-17(25)10-18;1-2/h5-8,10H,2,9H2,1,3-4H3;1-2H3/b21-14+;. The molecule has 0 fully saturated rings. The molecule has 0 saturated carbocycles. The summed E-state index contributed by atoms with van der Waals surface area (Å²) in [5.74, 6) is 1.94. The van der Waals surface area contributed by atoms with E-state index in [4.69, 9.17) is 54.0 Å². The Morgan fingerprint density at radius 1 is 1.18 bits per heavy atom. The average Bonchev–Trinajstić information content (AvgIpc) is 3.27. The van der Waals surface area contributed by atoms with Crippen LogP contribution in [-0.4, -0.2) is 17.3 Å². The van der Waals surface area contributed by atoms with Crippen LogP contribution in [0.1, 0.15) is 49.2 Å². The minimum atomic E-state index is 0.213. The van der Waals surface area contributed by atoms with Crippen LogP contribution in [0.4, 0.5) is 0 Å². The number of nitrogens with zero attached hydrogens (tertiary/aromatic N) is 3. The lowest BCUT2D eigenvalue weighted by molar-refractivity contribution is 0.295. The summed E-state index contributed by atoms with van der Waals surface area (Å²) in [6, 6.07) is 10.4. The molecule has 0 spiro atoms. The molecule has 2 aromatic carbocycles. The second-order valence-corrected chi connectivity index (χ2v) is 8.07. The van der Waals surface area contributed by atoms with Gasteiger partial charge in [0.25, 0.3) is 5.89 Å². The van der Waals surface area contributed by atoms with Gasteiger partial charge < -0.3 is 13.9 Å². The Hall–Kier alpha value is -2.98. The van der Waals surface area contributed by atoms with Crippen molar-refractivity contribution in [1.29, 1.82) is 5.26 Å². The van der Waals surface area contributed by atoms with Gasteiger partial charge in [0.15, 0.2) is 0 Å². The van der Waals surface area contributed by atoms with Gasteiger partial charge in [-0.15, -0.1) is 10.2 Å². The number of nitriles is 1. The SMILES string of the molecule is C=C(Cl)/C(=C(/C)OC)c1nnc(Cc2ccc(Cl)c(Oc3cc(Cl)cc(C#N)c3)c2C)o1.CC. The maximum atomic E-state index is 9.16. The summed E-state index contributed by atoms with van der Waals surface area (Å²) >= 11 is 18.5. The molecule has 0 amide bonds. The average molecular weight is 521 g/mol. The van der Waals surface area contributed by atoms with E-state index in [-0.39, 0.29) is 10.9 Å². The summed E-state index contributed by atoms with van der Waals surface area (Å²) in [7, 11) is 1.52. The van der Waals surface area contributed by atoms with E-state index in [0.29, 0.717) is 50.8 Å². The predicted molar refractivity (Wildman–Crippen MR) is 135 cm³/mol. The van der Waals surface area contributed by atoms with Crippen molar-refractivity contribution in [2.75, 3.05) is 7.11 Å². The molecule has 0 aliphatic rings. The molecule has 3 aromatic rings. The van der Waals surface area contributed by atoms with Gasteiger partial charge in [0.05, 0.1) is 35.8 Å². The number of ether oxygens (including phenoxy) is 2. The minimum Gasteiger partial charge on any atom is -0.501 e. The molecule has 0 aliphatic carbocycles. The Kier molecular flexibility index (Phi) is 10.0. The Labute approximate surface area is 214 Å². The van der Waals surface area contributed by atoms with Crippen LogP contribution in [-0.2, 0) is 11.2 Å². The van der Waals surface area contributed by atoms with E-state index < -0.39 is 0 Å². The fourth-order valence-corrected chi connectivity index (χ4v) is 3.65. The summed E-state index contributed by atoms with van der Waals surface area (Å²) in [6.45, 7) is 11.3. The van der Waals surface area contributed by atoms with Crippen molar-refractivity contribution >= 4 is 40.4 Å². The van der Waals surface area contributed by atoms with Crippen molar-refractivity contribution in [3.8, 4) is 17.6 Å². The highest BCUT2D eigenvalue weighted by atomic mass is 35.5. The molecule has 0 unspecified atom stereocenters. The van der Waals surface area contributed by atoms with Crippen LogP contribution >= 0.6 is 34.8 Å². The van der Waals surface area contributed by atoms with E-state index in [1.165, 1.54) is 7.11 Å². The predicted octanol–water partition coefficient (Wildman–Crippen LogP) is 8.10. The van der Waals surface area contributed by atoms with Gasteiger partial charge in [-0.2, -0.15) is 5.26 Å². The topological polar surface area (TPSA) is 81.2 Å². The van der Waals surface area contributed by atoms with Gasteiger partial charge in [-0.05, 0) is 49.2 Å². The molecular formula is C25H24Cl3N3O3. The van der Waals surface area contributed by atoms with Crippen molar-refractivity contribution < 1.29 is 13.9 Å². The highest BCUT2D eigenvalue weighted by Gasteiger charge is 2.19. The maximum absolute atomic E-state index is 9.16. The van der Waals surface area contributed by atoms with Crippen LogP contribution in [0.5, 0.6) is 11.5 Å². The Morgan fingerprint density at radius 2 is 1.88 bits per heavy atom. The van der Waals surface area contributed by atoms with E-state index in [9.17, 15) is 0 Å². The van der Waals surface area contributed by atoms with Gasteiger partial charge >= 0.3 is 0 Å². The molecule has 6 nitrogen and oxygen atoms in total. The molecule has 1 aromatic heterocycles. The smallest absolute Gasteiger partial charge is 0.252 e. The highest BCUT2D eigenvalue weighted by molar-refractivity contribution is 6.36. The minimum absolute atomic E-state index is 0.213. The fourth-order valence-electron chi connectivity index (χ4n) is 2.97. The summed E-state index contributed by atoms with van der Waals surface area (Å²) < 4.78 is 17.0. The molecular weight excluding hydrogens is 497 g/mol. The summed E-state index contributed by atoms with van der Waals surface area (Å²) in [6.07, 6.45) is 0.333. The third kappa shape index (κ3) is 6.54. The van der Waals surface area contributed by atoms with Gasteiger partial charge in [-0.3, -0.25) is 0 Å². The maximum Gasteiger partial charge on any atom is 0.252 e. The molecule has 0 saturated heterocycles. The molecule has 0 aliphatic heterocycles. The largest absolute Gasteiger partial charge is 0.501 e. The van der Waals surface area contributed by atoms with Crippen molar-refractivity contribution in [2.45, 2.75) is 34.1 Å². The lowest BCUT2D eigenvalue weighted by Crippen LogP contribution is -1.97. The van der Waals surface area contributed by atoms with Crippen molar-refractivity contribution in [1.82, 2.24) is 10.2 Å². The third-order valence-electron chi connectivity index (χ3n) is 4.64. The molecule has 0 atom stereocenters. The zero-order chi connectivity index (χ0) is 25.4. The Balaban J connectivity index is 0.00000199. The third-order valence-corrected chi connectivity index (χ3v) is 5.35. The second kappa shape index (κ2) is 12.5. The fraction of sp³-hybridized carbons (Fsp3) is 0.240. The first-order chi connectivity index (χ1) is 16.2. The molecule has 34 heavy (non-hydrogen) atoms. The van der Waals surface area contributed by atoms with E-state index >= 15 is 0 Å². The van der Waals surface area contributed by atoms with E-state index in [1.807, 2.05) is 32.9 Å². The Bertz CT molecular complexity index is 1260. The van der Waals surface area contributed by atoms with Crippen LogP contribution in [0.15, 0.2) is 52.1 Å². The van der Waals surface area contributed by atoms with Crippen LogP contribution in [0, 0.1) is 18.3 Å². The van der Waals surface area contributed by atoms with Gasteiger partial charge in [-0.1, -0.05) is 61.3 Å². The summed E-state index contributed by atoms with van der Waals surface area (Å²) in [4.78, 5) is 0. The molecule has 0 bridgehead atoms.